The highest BCUT2D eigenvalue weighted by molar-refractivity contribution is 5.94. The molecule has 0 spiro atoms. The van der Waals surface area contributed by atoms with Crippen LogP contribution in [0.5, 0.6) is 0 Å². The number of aromatic nitrogens is 3. The molecule has 1 amide bonds. The molecule has 0 aliphatic heterocycles. The van der Waals surface area contributed by atoms with Crippen molar-refractivity contribution in [3.63, 3.8) is 0 Å². The van der Waals surface area contributed by atoms with Gasteiger partial charge in [-0.05, 0) is 30.3 Å². The number of pyridine rings is 1. The van der Waals surface area contributed by atoms with E-state index in [-0.39, 0.29) is 5.69 Å². The molecule has 134 valence electrons. The lowest BCUT2D eigenvalue weighted by Gasteiger charge is -2.06. The van der Waals surface area contributed by atoms with E-state index in [1.807, 2.05) is 0 Å². The van der Waals surface area contributed by atoms with Crippen molar-refractivity contribution in [2.45, 2.75) is 6.18 Å². The number of carbonyl (C=O) groups excluding carboxylic acids is 1. The van der Waals surface area contributed by atoms with E-state index in [9.17, 15) is 22.4 Å². The molecule has 0 aliphatic rings. The Morgan fingerprint density at radius 3 is 2.42 bits per heavy atom. The molecule has 1 aromatic carbocycles. The fourth-order valence-corrected chi connectivity index (χ4v) is 2.06. The summed E-state index contributed by atoms with van der Waals surface area (Å²) in [6, 6.07) is 8.30. The van der Waals surface area contributed by atoms with Gasteiger partial charge in [0.1, 0.15) is 5.69 Å². The van der Waals surface area contributed by atoms with Crippen LogP contribution in [0, 0.1) is 5.95 Å². The Morgan fingerprint density at radius 1 is 1.08 bits per heavy atom. The second kappa shape index (κ2) is 6.82. The number of anilines is 1. The maximum Gasteiger partial charge on any atom is 0.416 e. The number of amides is 1. The summed E-state index contributed by atoms with van der Waals surface area (Å²) in [5.74, 6) is -1.23. The van der Waals surface area contributed by atoms with Gasteiger partial charge in [0.2, 0.25) is 5.95 Å². The number of aromatic amines is 1. The molecule has 3 rings (SSSR count). The van der Waals surface area contributed by atoms with Crippen molar-refractivity contribution in [1.29, 1.82) is 0 Å². The van der Waals surface area contributed by atoms with Gasteiger partial charge in [-0.1, -0.05) is 12.1 Å². The molecular formula is C16H11F4N5O. The van der Waals surface area contributed by atoms with Gasteiger partial charge in [0.05, 0.1) is 23.1 Å². The van der Waals surface area contributed by atoms with E-state index >= 15 is 0 Å². The fourth-order valence-electron chi connectivity index (χ4n) is 2.06. The molecule has 2 aromatic heterocycles. The first-order chi connectivity index (χ1) is 12.3. The van der Waals surface area contributed by atoms with Gasteiger partial charge in [0.15, 0.2) is 0 Å². The maximum absolute atomic E-state index is 12.7. The van der Waals surface area contributed by atoms with E-state index in [2.05, 4.69) is 26.0 Å². The van der Waals surface area contributed by atoms with Gasteiger partial charge in [-0.2, -0.15) is 22.7 Å². The molecule has 26 heavy (non-hydrogen) atoms. The first-order valence-corrected chi connectivity index (χ1v) is 7.24. The molecule has 10 heteroatoms. The Balaban J connectivity index is 1.67. The molecule has 0 saturated carbocycles. The number of carbonyl (C=O) groups is 1. The number of nitrogens with zero attached hydrogens (tertiary/aromatic N) is 2. The van der Waals surface area contributed by atoms with Crippen LogP contribution in [-0.4, -0.2) is 21.1 Å². The third-order valence-corrected chi connectivity index (χ3v) is 3.38. The summed E-state index contributed by atoms with van der Waals surface area (Å²) in [5, 5.41) is 6.40. The van der Waals surface area contributed by atoms with Gasteiger partial charge >= 0.3 is 6.18 Å². The predicted octanol–water partition coefficient (Wildman–Crippen LogP) is 3.39. The maximum atomic E-state index is 12.7. The van der Waals surface area contributed by atoms with E-state index in [1.165, 1.54) is 30.5 Å². The first kappa shape index (κ1) is 17.4. The lowest BCUT2D eigenvalue weighted by atomic mass is 10.1. The van der Waals surface area contributed by atoms with Crippen molar-refractivity contribution in [3.05, 3.63) is 65.9 Å². The monoisotopic (exact) mass is 365 g/mol. The number of benzene rings is 1. The van der Waals surface area contributed by atoms with Crippen LogP contribution in [0.3, 0.4) is 0 Å². The van der Waals surface area contributed by atoms with Crippen molar-refractivity contribution >= 4 is 11.6 Å². The number of H-pyrrole nitrogens is 1. The number of hydrogen-bond donors (Lipinski definition) is 3. The van der Waals surface area contributed by atoms with Gasteiger partial charge in [-0.25, -0.2) is 4.98 Å². The second-order valence-electron chi connectivity index (χ2n) is 5.19. The molecule has 3 N–H and O–H groups in total. The van der Waals surface area contributed by atoms with Gasteiger partial charge < -0.3 is 0 Å². The Hall–Kier alpha value is -3.43. The van der Waals surface area contributed by atoms with Crippen LogP contribution in [0.4, 0.5) is 23.2 Å². The van der Waals surface area contributed by atoms with Gasteiger partial charge in [-0.3, -0.25) is 20.7 Å². The van der Waals surface area contributed by atoms with Crippen molar-refractivity contribution in [2.75, 3.05) is 5.43 Å². The lowest BCUT2D eigenvalue weighted by molar-refractivity contribution is -0.137. The fraction of sp³-hybridized carbons (Fsp3) is 0.0625. The molecule has 0 atom stereocenters. The third kappa shape index (κ3) is 3.97. The highest BCUT2D eigenvalue weighted by Gasteiger charge is 2.30. The van der Waals surface area contributed by atoms with Gasteiger partial charge in [0, 0.05) is 5.56 Å². The molecule has 6 nitrogen and oxygen atoms in total. The van der Waals surface area contributed by atoms with Crippen LogP contribution in [0.25, 0.3) is 11.3 Å². The minimum atomic E-state index is -4.42. The van der Waals surface area contributed by atoms with E-state index in [1.54, 1.807) is 0 Å². The van der Waals surface area contributed by atoms with Crippen molar-refractivity contribution in [3.8, 4) is 11.3 Å². The Morgan fingerprint density at radius 2 is 1.81 bits per heavy atom. The summed E-state index contributed by atoms with van der Waals surface area (Å²) in [4.78, 5) is 15.4. The highest BCUT2D eigenvalue weighted by Crippen LogP contribution is 2.30. The average Bonchev–Trinajstić information content (AvgIpc) is 3.10. The molecule has 0 radical (unpaired) electrons. The summed E-state index contributed by atoms with van der Waals surface area (Å²) in [5.41, 5.74) is 5.31. The van der Waals surface area contributed by atoms with E-state index in [0.29, 0.717) is 16.9 Å². The topological polar surface area (TPSA) is 82.7 Å². The number of hydrogen-bond acceptors (Lipinski definition) is 4. The number of halogens is 4. The van der Waals surface area contributed by atoms with Gasteiger partial charge in [0.25, 0.3) is 5.91 Å². The number of rotatable bonds is 4. The van der Waals surface area contributed by atoms with Crippen LogP contribution < -0.4 is 10.9 Å². The molecule has 0 bridgehead atoms. The average molecular weight is 365 g/mol. The van der Waals surface area contributed by atoms with Crippen molar-refractivity contribution in [1.82, 2.24) is 20.6 Å². The van der Waals surface area contributed by atoms with Crippen LogP contribution in [0.1, 0.15) is 16.1 Å². The Kier molecular flexibility index (Phi) is 4.57. The first-order valence-electron chi connectivity index (χ1n) is 7.24. The summed E-state index contributed by atoms with van der Waals surface area (Å²) in [7, 11) is 0. The Labute approximate surface area is 144 Å². The quantitative estimate of drug-likeness (QED) is 0.376. The van der Waals surface area contributed by atoms with Crippen LogP contribution in [0.2, 0.25) is 0 Å². The molecule has 2 heterocycles. The molecule has 0 saturated heterocycles. The highest BCUT2D eigenvalue weighted by atomic mass is 19.4. The van der Waals surface area contributed by atoms with Crippen LogP contribution in [-0.2, 0) is 6.18 Å². The third-order valence-electron chi connectivity index (χ3n) is 3.38. The zero-order chi connectivity index (χ0) is 18.7. The van der Waals surface area contributed by atoms with E-state index in [0.717, 1.165) is 18.2 Å². The minimum Gasteiger partial charge on any atom is -0.297 e. The van der Waals surface area contributed by atoms with E-state index in [4.69, 9.17) is 0 Å². The van der Waals surface area contributed by atoms with Crippen molar-refractivity contribution in [2.24, 2.45) is 0 Å². The second-order valence-corrected chi connectivity index (χ2v) is 5.19. The zero-order valence-corrected chi connectivity index (χ0v) is 12.9. The SMILES string of the molecule is O=C(NNc1ccc(F)nc1)c1cc(-c2ccc(C(F)(F)F)cc2)n[nH]1. The molecule has 0 fully saturated rings. The van der Waals surface area contributed by atoms with Crippen LogP contribution in [0.15, 0.2) is 48.7 Å². The van der Waals surface area contributed by atoms with Gasteiger partial charge in [-0.15, -0.1) is 0 Å². The standard InChI is InChI=1S/C16H11F4N5O/c17-14-6-5-11(8-21-14)22-25-15(26)13-7-12(23-24-13)9-1-3-10(4-2-9)16(18,19)20/h1-8,22H,(H,23,24)(H,25,26). The molecule has 0 aliphatic carbocycles. The van der Waals surface area contributed by atoms with E-state index < -0.39 is 23.6 Å². The Bertz CT molecular complexity index is 904. The molecule has 3 aromatic rings. The largest absolute Gasteiger partial charge is 0.416 e. The summed E-state index contributed by atoms with van der Waals surface area (Å²) in [6.45, 7) is 0. The number of alkyl halides is 3. The number of nitrogens with one attached hydrogen (secondary N) is 3. The summed E-state index contributed by atoms with van der Waals surface area (Å²) < 4.78 is 50.4. The van der Waals surface area contributed by atoms with Crippen molar-refractivity contribution < 1.29 is 22.4 Å². The minimum absolute atomic E-state index is 0.0856. The summed E-state index contributed by atoms with van der Waals surface area (Å²) >= 11 is 0. The van der Waals surface area contributed by atoms with Crippen LogP contribution >= 0.6 is 0 Å². The smallest absolute Gasteiger partial charge is 0.297 e. The zero-order valence-electron chi connectivity index (χ0n) is 12.9. The molecular weight excluding hydrogens is 354 g/mol. The number of hydrazine groups is 1. The summed E-state index contributed by atoms with van der Waals surface area (Å²) in [6.07, 6.45) is -3.23. The molecule has 0 unspecified atom stereocenters. The predicted molar refractivity (Wildman–Crippen MR) is 84.3 cm³/mol. The normalized spacial score (nSPS) is 11.2. The lowest BCUT2D eigenvalue weighted by Crippen LogP contribution is -2.29.